The third kappa shape index (κ3) is 3.37. The van der Waals surface area contributed by atoms with Gasteiger partial charge in [0.2, 0.25) is 0 Å². The smallest absolute Gasteiger partial charge is 0.411 e. The molecule has 0 aromatic rings. The zero-order valence-electron chi connectivity index (χ0n) is 11.9. The van der Waals surface area contributed by atoms with Gasteiger partial charge in [-0.3, -0.25) is 4.90 Å². The molecule has 0 aromatic heterocycles. The summed E-state index contributed by atoms with van der Waals surface area (Å²) in [6, 6.07) is -0.505. The van der Waals surface area contributed by atoms with Crippen LogP contribution in [0.25, 0.3) is 0 Å². The fourth-order valence-electron chi connectivity index (χ4n) is 2.25. The first kappa shape index (κ1) is 14.8. The van der Waals surface area contributed by atoms with Gasteiger partial charge in [-0.15, -0.1) is 0 Å². The number of methoxy groups -OCH3 is 1. The molecule has 0 N–H and O–H groups in total. The van der Waals surface area contributed by atoms with Crippen molar-refractivity contribution < 1.29 is 19.1 Å². The van der Waals surface area contributed by atoms with Gasteiger partial charge in [-0.25, -0.2) is 9.59 Å². The molecule has 1 amide bonds. The van der Waals surface area contributed by atoms with Gasteiger partial charge < -0.3 is 9.47 Å². The van der Waals surface area contributed by atoms with Crippen molar-refractivity contribution in [2.45, 2.75) is 52.2 Å². The van der Waals surface area contributed by atoms with Gasteiger partial charge in [-0.2, -0.15) is 0 Å². The van der Waals surface area contributed by atoms with Crippen molar-refractivity contribution in [1.82, 2.24) is 4.90 Å². The number of nitrogens with zero attached hydrogens (tertiary/aromatic N) is 1. The molecule has 5 heteroatoms. The number of ether oxygens (including phenoxy) is 2. The third-order valence-corrected chi connectivity index (χ3v) is 3.12. The van der Waals surface area contributed by atoms with Gasteiger partial charge in [0.1, 0.15) is 11.6 Å². The van der Waals surface area contributed by atoms with Crippen LogP contribution in [0, 0.1) is 5.92 Å². The van der Waals surface area contributed by atoms with Crippen LogP contribution in [0.4, 0.5) is 4.79 Å². The van der Waals surface area contributed by atoms with Crippen molar-refractivity contribution in [2.24, 2.45) is 5.92 Å². The van der Waals surface area contributed by atoms with Crippen molar-refractivity contribution in [1.29, 1.82) is 0 Å². The molecule has 1 saturated heterocycles. The van der Waals surface area contributed by atoms with Crippen LogP contribution in [-0.4, -0.2) is 42.3 Å². The van der Waals surface area contributed by atoms with Gasteiger partial charge >= 0.3 is 12.1 Å². The summed E-state index contributed by atoms with van der Waals surface area (Å²) in [7, 11) is 1.35. The van der Waals surface area contributed by atoms with E-state index in [1.54, 1.807) is 0 Å². The molecule has 1 aliphatic rings. The Kier molecular flexibility index (Phi) is 4.59. The molecule has 0 radical (unpaired) electrons. The van der Waals surface area contributed by atoms with Crippen LogP contribution >= 0.6 is 0 Å². The summed E-state index contributed by atoms with van der Waals surface area (Å²) in [4.78, 5) is 25.3. The van der Waals surface area contributed by atoms with E-state index >= 15 is 0 Å². The molecule has 0 aliphatic carbocycles. The van der Waals surface area contributed by atoms with Crippen LogP contribution < -0.4 is 0 Å². The van der Waals surface area contributed by atoms with Gasteiger partial charge in [0.15, 0.2) is 0 Å². The molecule has 0 saturated carbocycles. The van der Waals surface area contributed by atoms with Gasteiger partial charge in [0.25, 0.3) is 0 Å². The molecule has 1 rings (SSSR count). The SMILES string of the molecule is CC[C@@H]1CCN(C(=O)OC(C)(C)C)[C@@H]1C(=O)OC. The lowest BCUT2D eigenvalue weighted by atomic mass is 9.98. The Balaban J connectivity index is 2.81. The van der Waals surface area contributed by atoms with Crippen LogP contribution in [0.2, 0.25) is 0 Å². The number of hydrogen-bond acceptors (Lipinski definition) is 4. The van der Waals surface area contributed by atoms with E-state index in [0.29, 0.717) is 6.54 Å². The zero-order chi connectivity index (χ0) is 13.9. The predicted octanol–water partition coefficient (Wildman–Crippen LogP) is 2.20. The van der Waals surface area contributed by atoms with Gasteiger partial charge in [0.05, 0.1) is 7.11 Å². The van der Waals surface area contributed by atoms with Gasteiger partial charge in [0, 0.05) is 6.54 Å². The van der Waals surface area contributed by atoms with E-state index in [0.717, 1.165) is 12.8 Å². The fourth-order valence-corrected chi connectivity index (χ4v) is 2.25. The molecule has 18 heavy (non-hydrogen) atoms. The molecule has 1 aliphatic heterocycles. The lowest BCUT2D eigenvalue weighted by Crippen LogP contribution is -2.46. The molecule has 1 fully saturated rings. The molecule has 0 bridgehead atoms. The van der Waals surface area contributed by atoms with Crippen LogP contribution in [-0.2, 0) is 14.3 Å². The van der Waals surface area contributed by atoms with Crippen molar-refractivity contribution in [3.63, 3.8) is 0 Å². The number of carbonyl (C=O) groups is 2. The predicted molar refractivity (Wildman–Crippen MR) is 67.1 cm³/mol. The highest BCUT2D eigenvalue weighted by Gasteiger charge is 2.43. The molecule has 5 nitrogen and oxygen atoms in total. The highest BCUT2D eigenvalue weighted by molar-refractivity contribution is 5.82. The Morgan fingerprint density at radius 1 is 1.33 bits per heavy atom. The minimum atomic E-state index is -0.554. The van der Waals surface area contributed by atoms with E-state index in [2.05, 4.69) is 0 Å². The summed E-state index contributed by atoms with van der Waals surface area (Å²) in [6.07, 6.45) is 1.23. The van der Waals surface area contributed by atoms with Gasteiger partial charge in [-0.1, -0.05) is 13.3 Å². The van der Waals surface area contributed by atoms with E-state index in [4.69, 9.17) is 9.47 Å². The van der Waals surface area contributed by atoms with Crippen molar-refractivity contribution >= 4 is 12.1 Å². The van der Waals surface area contributed by atoms with Crippen molar-refractivity contribution in [3.05, 3.63) is 0 Å². The Labute approximate surface area is 108 Å². The summed E-state index contributed by atoms with van der Waals surface area (Å²) >= 11 is 0. The Bertz CT molecular complexity index is 321. The fraction of sp³-hybridized carbons (Fsp3) is 0.846. The third-order valence-electron chi connectivity index (χ3n) is 3.12. The monoisotopic (exact) mass is 257 g/mol. The second-order valence-electron chi connectivity index (χ2n) is 5.60. The number of amides is 1. The molecule has 0 aromatic carbocycles. The molecular formula is C13H23NO4. The lowest BCUT2D eigenvalue weighted by Gasteiger charge is -2.28. The summed E-state index contributed by atoms with van der Waals surface area (Å²) in [5.74, 6) is -0.199. The minimum Gasteiger partial charge on any atom is -0.467 e. The number of esters is 1. The van der Waals surface area contributed by atoms with E-state index in [1.807, 2.05) is 27.7 Å². The minimum absolute atomic E-state index is 0.157. The van der Waals surface area contributed by atoms with Crippen LogP contribution in [0.3, 0.4) is 0 Å². The first-order chi connectivity index (χ1) is 8.30. The Morgan fingerprint density at radius 2 is 1.94 bits per heavy atom. The first-order valence-corrected chi connectivity index (χ1v) is 6.37. The largest absolute Gasteiger partial charge is 0.467 e. The topological polar surface area (TPSA) is 55.8 Å². The average molecular weight is 257 g/mol. The van der Waals surface area contributed by atoms with Gasteiger partial charge in [-0.05, 0) is 33.1 Å². The molecule has 2 atom stereocenters. The van der Waals surface area contributed by atoms with E-state index in [-0.39, 0.29) is 11.9 Å². The van der Waals surface area contributed by atoms with Crippen molar-refractivity contribution in [2.75, 3.05) is 13.7 Å². The number of rotatable bonds is 2. The maximum absolute atomic E-state index is 12.0. The van der Waals surface area contributed by atoms with E-state index < -0.39 is 17.7 Å². The molecule has 0 unspecified atom stereocenters. The Hall–Kier alpha value is -1.26. The maximum atomic E-state index is 12.0. The second kappa shape index (κ2) is 5.59. The summed E-state index contributed by atoms with van der Waals surface area (Å²) in [6.45, 7) is 7.99. The quantitative estimate of drug-likeness (QED) is 0.712. The average Bonchev–Trinajstić information content (AvgIpc) is 2.69. The normalized spacial score (nSPS) is 23.9. The van der Waals surface area contributed by atoms with Crippen LogP contribution in [0.1, 0.15) is 40.5 Å². The molecule has 0 spiro atoms. The molecule has 104 valence electrons. The van der Waals surface area contributed by atoms with E-state index in [1.165, 1.54) is 12.0 Å². The molecule has 1 heterocycles. The standard InChI is InChI=1S/C13H23NO4/c1-6-9-7-8-14(10(9)11(15)17-5)12(16)18-13(2,3)4/h9-10H,6-8H2,1-5H3/t9-,10+/m1/s1. The van der Waals surface area contributed by atoms with Crippen LogP contribution in [0.5, 0.6) is 0 Å². The Morgan fingerprint density at radius 3 is 2.39 bits per heavy atom. The first-order valence-electron chi connectivity index (χ1n) is 6.37. The number of hydrogen-bond donors (Lipinski definition) is 0. The second-order valence-corrected chi connectivity index (χ2v) is 5.60. The highest BCUT2D eigenvalue weighted by atomic mass is 16.6. The maximum Gasteiger partial charge on any atom is 0.411 e. The summed E-state index contributed by atoms with van der Waals surface area (Å²) in [5, 5.41) is 0. The summed E-state index contributed by atoms with van der Waals surface area (Å²) in [5.41, 5.74) is -0.554. The number of carbonyl (C=O) groups excluding carboxylic acids is 2. The van der Waals surface area contributed by atoms with Crippen molar-refractivity contribution in [3.8, 4) is 0 Å². The number of likely N-dealkylation sites (tertiary alicyclic amines) is 1. The van der Waals surface area contributed by atoms with E-state index in [9.17, 15) is 9.59 Å². The lowest BCUT2D eigenvalue weighted by molar-refractivity contribution is -0.147. The van der Waals surface area contributed by atoms with Crippen LogP contribution in [0.15, 0.2) is 0 Å². The highest BCUT2D eigenvalue weighted by Crippen LogP contribution is 2.29. The molecular weight excluding hydrogens is 234 g/mol. The summed E-state index contributed by atoms with van der Waals surface area (Å²) < 4.78 is 10.1. The zero-order valence-corrected chi connectivity index (χ0v) is 11.9.